The standard InChI is InChI=1S/C14H10Cl3NOS/c15-10-4-11(16)6-12(5-10)19-7-9-2-1-8(14(18)20)3-13(9)17/h1-6H,7H2,(H2,18,20). The number of halogens is 3. The van der Waals surface area contributed by atoms with Gasteiger partial charge in [-0.25, -0.2) is 0 Å². The summed E-state index contributed by atoms with van der Waals surface area (Å²) in [4.78, 5) is 0.306. The average molecular weight is 347 g/mol. The van der Waals surface area contributed by atoms with E-state index in [1.165, 1.54) is 0 Å². The van der Waals surface area contributed by atoms with E-state index in [4.69, 9.17) is 57.5 Å². The molecule has 0 spiro atoms. The van der Waals surface area contributed by atoms with Crippen LogP contribution in [0, 0.1) is 0 Å². The lowest BCUT2D eigenvalue weighted by Crippen LogP contribution is -2.09. The van der Waals surface area contributed by atoms with Crippen LogP contribution in [0.15, 0.2) is 36.4 Å². The van der Waals surface area contributed by atoms with E-state index in [0.717, 1.165) is 11.1 Å². The number of rotatable bonds is 4. The summed E-state index contributed by atoms with van der Waals surface area (Å²) >= 11 is 22.8. The summed E-state index contributed by atoms with van der Waals surface area (Å²) in [5.41, 5.74) is 7.09. The van der Waals surface area contributed by atoms with E-state index >= 15 is 0 Å². The predicted octanol–water partition coefficient (Wildman–Crippen LogP) is 4.86. The minimum atomic E-state index is 0.299. The first-order valence-corrected chi connectivity index (χ1v) is 7.17. The van der Waals surface area contributed by atoms with Crippen molar-refractivity contribution in [2.45, 2.75) is 6.61 Å². The normalized spacial score (nSPS) is 10.3. The van der Waals surface area contributed by atoms with Gasteiger partial charge >= 0.3 is 0 Å². The number of nitrogens with two attached hydrogens (primary N) is 1. The van der Waals surface area contributed by atoms with Crippen LogP contribution in [-0.4, -0.2) is 4.99 Å². The number of thiocarbonyl (C=S) groups is 1. The maximum atomic E-state index is 6.15. The molecule has 0 fully saturated rings. The third-order valence-electron chi connectivity index (χ3n) is 2.57. The monoisotopic (exact) mass is 345 g/mol. The zero-order valence-corrected chi connectivity index (χ0v) is 13.3. The van der Waals surface area contributed by atoms with Crippen molar-refractivity contribution in [2.24, 2.45) is 5.73 Å². The maximum absolute atomic E-state index is 6.15. The molecule has 0 bridgehead atoms. The van der Waals surface area contributed by atoms with Crippen LogP contribution in [0.2, 0.25) is 15.1 Å². The topological polar surface area (TPSA) is 35.2 Å². The summed E-state index contributed by atoms with van der Waals surface area (Å²) in [5, 5.41) is 1.58. The first-order chi connectivity index (χ1) is 9.45. The van der Waals surface area contributed by atoms with Crippen molar-refractivity contribution in [3.63, 3.8) is 0 Å². The van der Waals surface area contributed by atoms with Gasteiger partial charge < -0.3 is 10.5 Å². The highest BCUT2D eigenvalue weighted by Crippen LogP contribution is 2.26. The lowest BCUT2D eigenvalue weighted by Gasteiger charge is -2.09. The quantitative estimate of drug-likeness (QED) is 0.803. The molecule has 0 aliphatic carbocycles. The zero-order valence-electron chi connectivity index (χ0n) is 10.2. The van der Waals surface area contributed by atoms with Gasteiger partial charge in [0.2, 0.25) is 0 Å². The van der Waals surface area contributed by atoms with Crippen LogP contribution in [0.1, 0.15) is 11.1 Å². The van der Waals surface area contributed by atoms with Crippen molar-refractivity contribution in [3.05, 3.63) is 62.6 Å². The van der Waals surface area contributed by atoms with E-state index in [-0.39, 0.29) is 0 Å². The van der Waals surface area contributed by atoms with Crippen LogP contribution in [-0.2, 0) is 6.61 Å². The van der Waals surface area contributed by atoms with E-state index in [1.807, 2.05) is 6.07 Å². The Bertz CT molecular complexity index is 641. The Morgan fingerprint density at radius 2 is 1.70 bits per heavy atom. The highest BCUT2D eigenvalue weighted by Gasteiger charge is 2.06. The molecule has 104 valence electrons. The van der Waals surface area contributed by atoms with Gasteiger partial charge in [0, 0.05) is 26.2 Å². The van der Waals surface area contributed by atoms with Gasteiger partial charge in [0.1, 0.15) is 17.3 Å². The molecule has 0 aromatic heterocycles. The number of benzene rings is 2. The van der Waals surface area contributed by atoms with Crippen LogP contribution in [0.4, 0.5) is 0 Å². The minimum Gasteiger partial charge on any atom is -0.489 e. The van der Waals surface area contributed by atoms with Crippen LogP contribution < -0.4 is 10.5 Å². The smallest absolute Gasteiger partial charge is 0.122 e. The summed E-state index contributed by atoms with van der Waals surface area (Å²) < 4.78 is 5.62. The Balaban J connectivity index is 2.12. The van der Waals surface area contributed by atoms with E-state index < -0.39 is 0 Å². The highest BCUT2D eigenvalue weighted by molar-refractivity contribution is 7.80. The fraction of sp³-hybridized carbons (Fsp3) is 0.0714. The molecule has 6 heteroatoms. The Labute approximate surface area is 137 Å². The third kappa shape index (κ3) is 4.00. The summed E-state index contributed by atoms with van der Waals surface area (Å²) in [7, 11) is 0. The fourth-order valence-corrected chi connectivity index (χ4v) is 2.46. The Kier molecular flexibility index (Phi) is 5.11. The lowest BCUT2D eigenvalue weighted by molar-refractivity contribution is 0.306. The highest BCUT2D eigenvalue weighted by atomic mass is 35.5. The molecule has 0 aliphatic heterocycles. The summed E-state index contributed by atoms with van der Waals surface area (Å²) in [5.74, 6) is 0.581. The molecule has 0 radical (unpaired) electrons. The van der Waals surface area contributed by atoms with Gasteiger partial charge in [-0.15, -0.1) is 0 Å². The van der Waals surface area contributed by atoms with Crippen molar-refractivity contribution in [2.75, 3.05) is 0 Å². The Hall–Kier alpha value is -1.000. The predicted molar refractivity (Wildman–Crippen MR) is 88.1 cm³/mol. The molecule has 0 aliphatic rings. The van der Waals surface area contributed by atoms with Gasteiger partial charge in [-0.1, -0.05) is 59.2 Å². The molecule has 2 rings (SSSR count). The first-order valence-electron chi connectivity index (χ1n) is 5.63. The second-order valence-corrected chi connectivity index (χ2v) is 5.78. The van der Waals surface area contributed by atoms with Crippen LogP contribution in [0.5, 0.6) is 5.75 Å². The zero-order chi connectivity index (χ0) is 14.7. The van der Waals surface area contributed by atoms with Gasteiger partial charge in [-0.3, -0.25) is 0 Å². The van der Waals surface area contributed by atoms with Crippen molar-refractivity contribution < 1.29 is 4.74 Å². The molecule has 0 heterocycles. The molecule has 0 saturated carbocycles. The molecule has 0 saturated heterocycles. The molecule has 2 nitrogen and oxygen atoms in total. The van der Waals surface area contributed by atoms with Gasteiger partial charge in [-0.2, -0.15) is 0 Å². The second kappa shape index (κ2) is 6.64. The van der Waals surface area contributed by atoms with E-state index in [9.17, 15) is 0 Å². The summed E-state index contributed by atoms with van der Waals surface area (Å²) in [6, 6.07) is 10.4. The van der Waals surface area contributed by atoms with Crippen LogP contribution in [0.25, 0.3) is 0 Å². The fourth-order valence-electron chi connectivity index (χ4n) is 1.59. The van der Waals surface area contributed by atoms with Gasteiger partial charge in [0.05, 0.1) is 0 Å². The van der Waals surface area contributed by atoms with Crippen molar-refractivity contribution in [1.29, 1.82) is 0 Å². The van der Waals surface area contributed by atoms with Crippen molar-refractivity contribution in [3.8, 4) is 5.75 Å². The van der Waals surface area contributed by atoms with Crippen molar-refractivity contribution >= 4 is 52.0 Å². The van der Waals surface area contributed by atoms with E-state index in [1.54, 1.807) is 30.3 Å². The SMILES string of the molecule is NC(=S)c1ccc(COc2cc(Cl)cc(Cl)c2)c(Cl)c1. The molecular weight excluding hydrogens is 337 g/mol. The lowest BCUT2D eigenvalue weighted by atomic mass is 10.1. The van der Waals surface area contributed by atoms with Gasteiger partial charge in [-0.05, 0) is 24.3 Å². The molecule has 2 aromatic rings. The molecule has 0 amide bonds. The van der Waals surface area contributed by atoms with Gasteiger partial charge in [0.25, 0.3) is 0 Å². The third-order valence-corrected chi connectivity index (χ3v) is 3.59. The summed E-state index contributed by atoms with van der Waals surface area (Å²) in [6.07, 6.45) is 0. The van der Waals surface area contributed by atoms with Gasteiger partial charge in [0.15, 0.2) is 0 Å². The molecule has 0 unspecified atom stereocenters. The minimum absolute atomic E-state index is 0.299. The first kappa shape index (κ1) is 15.4. The number of hydrogen-bond donors (Lipinski definition) is 1. The van der Waals surface area contributed by atoms with Crippen LogP contribution >= 0.6 is 47.0 Å². The Morgan fingerprint density at radius 1 is 1.05 bits per heavy atom. The second-order valence-electron chi connectivity index (χ2n) is 4.06. The number of hydrogen-bond acceptors (Lipinski definition) is 2. The Morgan fingerprint density at radius 3 is 2.25 bits per heavy atom. The molecule has 2 N–H and O–H groups in total. The molecular formula is C14H10Cl3NOS. The van der Waals surface area contributed by atoms with E-state index in [2.05, 4.69) is 0 Å². The molecule has 2 aromatic carbocycles. The van der Waals surface area contributed by atoms with Crippen LogP contribution in [0.3, 0.4) is 0 Å². The average Bonchev–Trinajstić information content (AvgIpc) is 2.36. The maximum Gasteiger partial charge on any atom is 0.122 e. The van der Waals surface area contributed by atoms with Crippen molar-refractivity contribution in [1.82, 2.24) is 0 Å². The summed E-state index contributed by atoms with van der Waals surface area (Å²) in [6.45, 7) is 0.299. The number of ether oxygens (including phenoxy) is 1. The molecule has 0 atom stereocenters. The molecule has 20 heavy (non-hydrogen) atoms. The largest absolute Gasteiger partial charge is 0.489 e. The van der Waals surface area contributed by atoms with E-state index in [0.29, 0.717) is 32.4 Å².